The lowest BCUT2D eigenvalue weighted by atomic mass is 10.1. The molecule has 0 bridgehead atoms. The van der Waals surface area contributed by atoms with Gasteiger partial charge in [0, 0.05) is 32.7 Å². The maximum absolute atomic E-state index is 5.87. The molecule has 0 spiro atoms. The highest BCUT2D eigenvalue weighted by atomic mass is 16.5. The summed E-state index contributed by atoms with van der Waals surface area (Å²) >= 11 is 0. The van der Waals surface area contributed by atoms with Crippen molar-refractivity contribution in [3.8, 4) is 0 Å². The first-order valence-corrected chi connectivity index (χ1v) is 6.47. The van der Waals surface area contributed by atoms with Crippen LogP contribution in [0.25, 0.3) is 0 Å². The number of hydrogen-bond donors (Lipinski definition) is 1. The summed E-state index contributed by atoms with van der Waals surface area (Å²) in [6.45, 7) is 6.02. The first-order valence-electron chi connectivity index (χ1n) is 6.47. The molecule has 2 aliphatic rings. The van der Waals surface area contributed by atoms with Crippen molar-refractivity contribution in [1.29, 1.82) is 0 Å². The summed E-state index contributed by atoms with van der Waals surface area (Å²) in [4.78, 5) is 2.34. The van der Waals surface area contributed by atoms with Crippen molar-refractivity contribution < 1.29 is 9.47 Å². The molecule has 2 fully saturated rings. The number of nitrogens with one attached hydrogen (secondary N) is 1. The fourth-order valence-electron chi connectivity index (χ4n) is 2.33. The third-order valence-electron chi connectivity index (χ3n) is 3.41. The van der Waals surface area contributed by atoms with E-state index in [2.05, 4.69) is 17.3 Å². The van der Waals surface area contributed by atoms with Crippen LogP contribution in [0.2, 0.25) is 0 Å². The molecule has 0 saturated carbocycles. The lowest BCUT2D eigenvalue weighted by Gasteiger charge is -2.21. The fraction of sp³-hybridized carbons (Fsp3) is 1.00. The van der Waals surface area contributed by atoms with Crippen LogP contribution in [0.5, 0.6) is 0 Å². The average molecular weight is 228 g/mol. The van der Waals surface area contributed by atoms with Gasteiger partial charge in [-0.25, -0.2) is 0 Å². The molecule has 0 aromatic carbocycles. The normalized spacial score (nSPS) is 34.3. The topological polar surface area (TPSA) is 33.7 Å². The lowest BCUT2D eigenvalue weighted by Crippen LogP contribution is -2.31. The van der Waals surface area contributed by atoms with Crippen LogP contribution in [-0.2, 0) is 9.47 Å². The van der Waals surface area contributed by atoms with Crippen LogP contribution in [0, 0.1) is 0 Å². The number of hydrogen-bond acceptors (Lipinski definition) is 4. The molecule has 0 radical (unpaired) electrons. The van der Waals surface area contributed by atoms with Gasteiger partial charge >= 0.3 is 0 Å². The fourth-order valence-corrected chi connectivity index (χ4v) is 2.33. The van der Waals surface area contributed by atoms with Crippen LogP contribution in [0.15, 0.2) is 0 Å². The summed E-state index contributed by atoms with van der Waals surface area (Å²) in [6, 6.07) is 0. The van der Waals surface area contributed by atoms with Crippen molar-refractivity contribution in [2.45, 2.75) is 31.5 Å². The average Bonchev–Trinajstić information content (AvgIpc) is 2.63. The largest absolute Gasteiger partial charge is 0.377 e. The van der Waals surface area contributed by atoms with Gasteiger partial charge in [-0.3, -0.25) is 0 Å². The van der Waals surface area contributed by atoms with Gasteiger partial charge in [0.25, 0.3) is 0 Å². The van der Waals surface area contributed by atoms with Gasteiger partial charge in [0.1, 0.15) is 0 Å². The van der Waals surface area contributed by atoms with E-state index in [9.17, 15) is 0 Å². The molecule has 2 heterocycles. The molecule has 2 unspecified atom stereocenters. The predicted molar refractivity (Wildman–Crippen MR) is 63.7 cm³/mol. The number of likely N-dealkylation sites (N-methyl/N-ethyl adjacent to an activating group) is 1. The number of rotatable bonds is 2. The van der Waals surface area contributed by atoms with E-state index in [1.807, 2.05) is 0 Å². The Bertz CT molecular complexity index is 193. The molecule has 1 N–H and O–H groups in total. The van der Waals surface area contributed by atoms with Gasteiger partial charge in [-0.05, 0) is 26.4 Å². The molecular weight excluding hydrogens is 204 g/mol. The second-order valence-corrected chi connectivity index (χ2v) is 4.87. The zero-order valence-corrected chi connectivity index (χ0v) is 10.3. The van der Waals surface area contributed by atoms with Crippen molar-refractivity contribution in [1.82, 2.24) is 10.2 Å². The van der Waals surface area contributed by atoms with E-state index in [1.54, 1.807) is 0 Å². The SMILES string of the molecule is CN1CCOC(CC2CNCCCO2)CC1. The highest BCUT2D eigenvalue weighted by Gasteiger charge is 2.21. The molecule has 0 aromatic heterocycles. The first kappa shape index (κ1) is 12.3. The minimum atomic E-state index is 0.343. The van der Waals surface area contributed by atoms with Crippen LogP contribution in [0.1, 0.15) is 19.3 Å². The predicted octanol–water partition coefficient (Wildman–Crippen LogP) is 0.476. The Labute approximate surface area is 98.3 Å². The quantitative estimate of drug-likeness (QED) is 0.745. The van der Waals surface area contributed by atoms with E-state index in [4.69, 9.17) is 9.47 Å². The van der Waals surface area contributed by atoms with Crippen molar-refractivity contribution in [3.63, 3.8) is 0 Å². The van der Waals surface area contributed by atoms with E-state index >= 15 is 0 Å². The van der Waals surface area contributed by atoms with E-state index < -0.39 is 0 Å². The van der Waals surface area contributed by atoms with Crippen LogP contribution < -0.4 is 5.32 Å². The summed E-state index contributed by atoms with van der Waals surface area (Å²) in [5.41, 5.74) is 0. The Balaban J connectivity index is 1.74. The minimum Gasteiger partial charge on any atom is -0.377 e. The Morgan fingerprint density at radius 3 is 3.00 bits per heavy atom. The monoisotopic (exact) mass is 228 g/mol. The molecule has 94 valence electrons. The van der Waals surface area contributed by atoms with Crippen LogP contribution >= 0.6 is 0 Å². The van der Waals surface area contributed by atoms with Gasteiger partial charge in [0.15, 0.2) is 0 Å². The smallest absolute Gasteiger partial charge is 0.0724 e. The Morgan fingerprint density at radius 1 is 1.19 bits per heavy atom. The van der Waals surface area contributed by atoms with E-state index in [1.165, 1.54) is 0 Å². The summed E-state index contributed by atoms with van der Waals surface area (Å²) in [5.74, 6) is 0. The van der Waals surface area contributed by atoms with Crippen LogP contribution in [0.3, 0.4) is 0 Å². The van der Waals surface area contributed by atoms with Crippen LogP contribution in [0.4, 0.5) is 0 Å². The molecule has 2 atom stereocenters. The number of ether oxygens (including phenoxy) is 2. The summed E-state index contributed by atoms with van der Waals surface area (Å²) in [7, 11) is 2.16. The van der Waals surface area contributed by atoms with Crippen molar-refractivity contribution in [2.75, 3.05) is 46.4 Å². The summed E-state index contributed by atoms with van der Waals surface area (Å²) in [6.07, 6.45) is 4.04. The maximum atomic E-state index is 5.87. The summed E-state index contributed by atoms with van der Waals surface area (Å²) < 4.78 is 11.7. The third kappa shape index (κ3) is 4.01. The molecular formula is C12H24N2O2. The second kappa shape index (κ2) is 6.55. The number of nitrogens with zero attached hydrogens (tertiary/aromatic N) is 1. The zero-order chi connectivity index (χ0) is 11.2. The van der Waals surface area contributed by atoms with E-state index in [0.29, 0.717) is 12.2 Å². The lowest BCUT2D eigenvalue weighted by molar-refractivity contribution is -0.00613. The molecule has 2 aliphatic heterocycles. The van der Waals surface area contributed by atoms with Gasteiger partial charge in [0.05, 0.1) is 18.8 Å². The van der Waals surface area contributed by atoms with Gasteiger partial charge in [-0.15, -0.1) is 0 Å². The van der Waals surface area contributed by atoms with Crippen molar-refractivity contribution >= 4 is 0 Å². The van der Waals surface area contributed by atoms with Crippen molar-refractivity contribution in [2.24, 2.45) is 0 Å². The molecule has 0 aliphatic carbocycles. The molecule has 2 saturated heterocycles. The highest BCUT2D eigenvalue weighted by Crippen LogP contribution is 2.14. The van der Waals surface area contributed by atoms with Crippen LogP contribution in [-0.4, -0.2) is 63.5 Å². The highest BCUT2D eigenvalue weighted by molar-refractivity contribution is 4.74. The molecule has 4 nitrogen and oxygen atoms in total. The molecule has 16 heavy (non-hydrogen) atoms. The molecule has 0 aromatic rings. The standard InChI is InChI=1S/C12H24N2O2/c1-14-5-3-11(16-8-6-14)9-12-10-13-4-2-7-15-12/h11-13H,2-10H2,1H3. The molecule has 4 heteroatoms. The zero-order valence-electron chi connectivity index (χ0n) is 10.3. The van der Waals surface area contributed by atoms with Gasteiger partial charge in [-0.2, -0.15) is 0 Å². The van der Waals surface area contributed by atoms with E-state index in [-0.39, 0.29) is 0 Å². The Morgan fingerprint density at radius 2 is 2.06 bits per heavy atom. The molecule has 2 rings (SSSR count). The van der Waals surface area contributed by atoms with Gasteiger partial charge in [-0.1, -0.05) is 0 Å². The summed E-state index contributed by atoms with van der Waals surface area (Å²) in [5, 5.41) is 3.42. The Kier molecular flexibility index (Phi) is 5.03. The van der Waals surface area contributed by atoms with Crippen molar-refractivity contribution in [3.05, 3.63) is 0 Å². The second-order valence-electron chi connectivity index (χ2n) is 4.87. The van der Waals surface area contributed by atoms with Gasteiger partial charge in [0.2, 0.25) is 0 Å². The first-order chi connectivity index (χ1) is 7.84. The third-order valence-corrected chi connectivity index (χ3v) is 3.41. The molecule has 0 amide bonds. The van der Waals surface area contributed by atoms with E-state index in [0.717, 1.165) is 58.7 Å². The maximum Gasteiger partial charge on any atom is 0.0724 e. The minimum absolute atomic E-state index is 0.343. The van der Waals surface area contributed by atoms with Gasteiger partial charge < -0.3 is 19.7 Å². The Hall–Kier alpha value is -0.160.